The number of nitrogens with one attached hydrogen (secondary N) is 2. The first-order chi connectivity index (χ1) is 11.7. The van der Waals surface area contributed by atoms with E-state index >= 15 is 0 Å². The zero-order valence-corrected chi connectivity index (χ0v) is 13.5. The van der Waals surface area contributed by atoms with E-state index in [1.54, 1.807) is 6.26 Å². The van der Waals surface area contributed by atoms with Gasteiger partial charge in [-0.3, -0.25) is 4.90 Å². The molecule has 2 N–H and O–H groups in total. The molecule has 24 heavy (non-hydrogen) atoms. The Kier molecular flexibility index (Phi) is 5.48. The number of halogens is 1. The van der Waals surface area contributed by atoms with Crippen molar-refractivity contribution in [2.45, 2.75) is 25.3 Å². The lowest BCUT2D eigenvalue weighted by Crippen LogP contribution is -2.41. The van der Waals surface area contributed by atoms with Crippen molar-refractivity contribution < 1.29 is 13.6 Å². The quantitative estimate of drug-likeness (QED) is 0.877. The van der Waals surface area contributed by atoms with Crippen molar-refractivity contribution in [3.05, 3.63) is 54.2 Å². The third-order valence-electron chi connectivity index (χ3n) is 4.26. The van der Waals surface area contributed by atoms with E-state index in [0.717, 1.165) is 18.8 Å². The van der Waals surface area contributed by atoms with Crippen LogP contribution in [0.15, 0.2) is 47.1 Å². The molecule has 0 aliphatic carbocycles. The third kappa shape index (κ3) is 4.35. The molecule has 0 bridgehead atoms. The summed E-state index contributed by atoms with van der Waals surface area (Å²) in [4.78, 5) is 14.4. The van der Waals surface area contributed by atoms with Crippen LogP contribution in [0, 0.1) is 5.82 Å². The van der Waals surface area contributed by atoms with Crippen molar-refractivity contribution in [1.82, 2.24) is 10.2 Å². The number of amides is 2. The van der Waals surface area contributed by atoms with E-state index < -0.39 is 0 Å². The number of likely N-dealkylation sites (tertiary alicyclic amines) is 1. The summed E-state index contributed by atoms with van der Waals surface area (Å²) >= 11 is 0. The fourth-order valence-electron chi connectivity index (χ4n) is 3.02. The lowest BCUT2D eigenvalue weighted by molar-refractivity contribution is 0.144. The van der Waals surface area contributed by atoms with Crippen molar-refractivity contribution in [2.75, 3.05) is 25.0 Å². The Morgan fingerprint density at radius 2 is 1.92 bits per heavy atom. The van der Waals surface area contributed by atoms with Gasteiger partial charge in [0, 0.05) is 12.2 Å². The Morgan fingerprint density at radius 1 is 1.17 bits per heavy atom. The second-order valence-electron chi connectivity index (χ2n) is 5.97. The summed E-state index contributed by atoms with van der Waals surface area (Å²) in [6, 6.07) is 9.22. The number of hydrogen-bond acceptors (Lipinski definition) is 3. The van der Waals surface area contributed by atoms with Gasteiger partial charge in [-0.05, 0) is 62.3 Å². The number of carbonyl (C=O) groups excluding carboxylic acids is 1. The largest absolute Gasteiger partial charge is 0.468 e. The van der Waals surface area contributed by atoms with Crippen molar-refractivity contribution in [2.24, 2.45) is 0 Å². The highest BCUT2D eigenvalue weighted by Crippen LogP contribution is 2.24. The van der Waals surface area contributed by atoms with E-state index in [1.807, 2.05) is 12.1 Å². The van der Waals surface area contributed by atoms with E-state index in [4.69, 9.17) is 4.42 Å². The zero-order chi connectivity index (χ0) is 16.8. The number of furan rings is 1. The van der Waals surface area contributed by atoms with E-state index in [1.165, 1.54) is 43.5 Å². The van der Waals surface area contributed by atoms with Crippen LogP contribution in [0.4, 0.5) is 14.9 Å². The number of benzene rings is 1. The van der Waals surface area contributed by atoms with E-state index in [9.17, 15) is 9.18 Å². The summed E-state index contributed by atoms with van der Waals surface area (Å²) < 4.78 is 18.5. The van der Waals surface area contributed by atoms with Gasteiger partial charge in [0.25, 0.3) is 0 Å². The molecule has 0 spiro atoms. The van der Waals surface area contributed by atoms with Crippen LogP contribution in [0.25, 0.3) is 0 Å². The van der Waals surface area contributed by atoms with Crippen molar-refractivity contribution in [3.8, 4) is 0 Å². The number of carbonyl (C=O) groups is 1. The molecular weight excluding hydrogens is 309 g/mol. The van der Waals surface area contributed by atoms with Gasteiger partial charge < -0.3 is 15.1 Å². The maximum Gasteiger partial charge on any atom is 0.319 e. The predicted molar refractivity (Wildman–Crippen MR) is 90.3 cm³/mol. The average Bonchev–Trinajstić information content (AvgIpc) is 3.12. The molecule has 0 radical (unpaired) electrons. The minimum absolute atomic E-state index is 0.0271. The number of nitrogens with zero attached hydrogens (tertiary/aromatic N) is 1. The first kappa shape index (κ1) is 16.5. The summed E-state index contributed by atoms with van der Waals surface area (Å²) in [5.41, 5.74) is 0.557. The molecule has 1 aromatic heterocycles. The molecule has 3 rings (SSSR count). The fraction of sp³-hybridized carbons (Fsp3) is 0.389. The van der Waals surface area contributed by atoms with Gasteiger partial charge in [0.15, 0.2) is 0 Å². The van der Waals surface area contributed by atoms with Crippen LogP contribution >= 0.6 is 0 Å². The molecule has 2 amide bonds. The topological polar surface area (TPSA) is 57.5 Å². The van der Waals surface area contributed by atoms with Gasteiger partial charge in [-0.15, -0.1) is 0 Å². The van der Waals surface area contributed by atoms with Crippen LogP contribution in [0.5, 0.6) is 0 Å². The SMILES string of the molecule is O=C(NC[C@H](c1ccco1)N1CCCCC1)Nc1ccc(F)cc1. The van der Waals surface area contributed by atoms with Crippen LogP contribution < -0.4 is 10.6 Å². The number of rotatable bonds is 5. The van der Waals surface area contributed by atoms with E-state index in [0.29, 0.717) is 12.2 Å². The highest BCUT2D eigenvalue weighted by Gasteiger charge is 2.24. The molecule has 6 heteroatoms. The number of piperidine rings is 1. The molecule has 1 fully saturated rings. The molecule has 5 nitrogen and oxygen atoms in total. The minimum Gasteiger partial charge on any atom is -0.468 e. The Morgan fingerprint density at radius 3 is 2.58 bits per heavy atom. The fourth-order valence-corrected chi connectivity index (χ4v) is 3.02. The maximum absolute atomic E-state index is 12.9. The molecule has 1 saturated heterocycles. The van der Waals surface area contributed by atoms with Crippen molar-refractivity contribution >= 4 is 11.7 Å². The minimum atomic E-state index is -0.330. The second-order valence-corrected chi connectivity index (χ2v) is 5.97. The Labute approximate surface area is 140 Å². The molecule has 1 atom stereocenters. The molecule has 128 valence electrons. The lowest BCUT2D eigenvalue weighted by atomic mass is 10.1. The average molecular weight is 331 g/mol. The second kappa shape index (κ2) is 7.97. The Balaban J connectivity index is 1.58. The van der Waals surface area contributed by atoms with E-state index in [2.05, 4.69) is 15.5 Å². The molecule has 1 aromatic carbocycles. The molecule has 2 heterocycles. The van der Waals surface area contributed by atoms with Crippen molar-refractivity contribution in [1.29, 1.82) is 0 Å². The maximum atomic E-state index is 12.9. The van der Waals surface area contributed by atoms with Crippen LogP contribution in [0.3, 0.4) is 0 Å². The van der Waals surface area contributed by atoms with E-state index in [-0.39, 0.29) is 17.9 Å². The van der Waals surface area contributed by atoms with Gasteiger partial charge in [0.1, 0.15) is 11.6 Å². The van der Waals surface area contributed by atoms with Gasteiger partial charge in [0.05, 0.1) is 12.3 Å². The first-order valence-electron chi connectivity index (χ1n) is 8.30. The van der Waals surface area contributed by atoms with Gasteiger partial charge >= 0.3 is 6.03 Å². The highest BCUT2D eigenvalue weighted by molar-refractivity contribution is 5.89. The smallest absolute Gasteiger partial charge is 0.319 e. The van der Waals surface area contributed by atoms with Gasteiger partial charge in [-0.25, -0.2) is 9.18 Å². The summed E-state index contributed by atoms with van der Waals surface area (Å²) in [5, 5.41) is 5.59. The van der Waals surface area contributed by atoms with Gasteiger partial charge in [-0.1, -0.05) is 6.42 Å². The molecule has 0 unspecified atom stereocenters. The highest BCUT2D eigenvalue weighted by atomic mass is 19.1. The molecule has 1 aliphatic heterocycles. The lowest BCUT2D eigenvalue weighted by Gasteiger charge is -2.33. The van der Waals surface area contributed by atoms with Crippen molar-refractivity contribution in [3.63, 3.8) is 0 Å². The van der Waals surface area contributed by atoms with Crippen LogP contribution in [-0.2, 0) is 0 Å². The Hall–Kier alpha value is -2.34. The molecular formula is C18H22FN3O2. The summed E-state index contributed by atoms with van der Waals surface area (Å²) in [7, 11) is 0. The molecule has 2 aromatic rings. The first-order valence-corrected chi connectivity index (χ1v) is 8.30. The number of hydrogen-bond donors (Lipinski definition) is 2. The van der Waals surface area contributed by atoms with Gasteiger partial charge in [0.2, 0.25) is 0 Å². The summed E-state index contributed by atoms with van der Waals surface area (Å²) in [5.74, 6) is 0.530. The molecule has 0 saturated carbocycles. The summed E-state index contributed by atoms with van der Waals surface area (Å²) in [6.07, 6.45) is 5.24. The monoisotopic (exact) mass is 331 g/mol. The standard InChI is InChI=1S/C18H22FN3O2/c19-14-6-8-15(9-7-14)21-18(23)20-13-16(17-5-4-12-24-17)22-10-2-1-3-11-22/h4-9,12,16H,1-3,10-11,13H2,(H2,20,21,23)/t16-/m1/s1. The Bertz CT molecular complexity index is 637. The van der Waals surface area contributed by atoms with Crippen LogP contribution in [0.1, 0.15) is 31.1 Å². The normalized spacial score (nSPS) is 16.5. The van der Waals surface area contributed by atoms with Crippen LogP contribution in [0.2, 0.25) is 0 Å². The number of anilines is 1. The van der Waals surface area contributed by atoms with Gasteiger partial charge in [-0.2, -0.15) is 0 Å². The third-order valence-corrected chi connectivity index (χ3v) is 4.26. The zero-order valence-electron chi connectivity index (χ0n) is 13.5. The molecule has 1 aliphatic rings. The number of urea groups is 1. The summed E-state index contributed by atoms with van der Waals surface area (Å²) in [6.45, 7) is 2.47. The predicted octanol–water partition coefficient (Wildman–Crippen LogP) is 3.77. The van der Waals surface area contributed by atoms with Crippen LogP contribution in [-0.4, -0.2) is 30.6 Å².